The van der Waals surface area contributed by atoms with E-state index in [9.17, 15) is 23.3 Å². The minimum absolute atomic E-state index is 0.0921. The van der Waals surface area contributed by atoms with E-state index in [1.54, 1.807) is 18.2 Å². The average molecular weight is 418 g/mol. The highest BCUT2D eigenvalue weighted by Crippen LogP contribution is 2.34. The minimum atomic E-state index is -3.82. The quantitative estimate of drug-likeness (QED) is 0.396. The topological polar surface area (TPSA) is 107 Å². The number of sulfonamides is 1. The van der Waals surface area contributed by atoms with Gasteiger partial charge in [0.25, 0.3) is 0 Å². The summed E-state index contributed by atoms with van der Waals surface area (Å²) in [5, 5.41) is 11.6. The molecule has 154 valence electrons. The van der Waals surface area contributed by atoms with E-state index in [-0.39, 0.29) is 22.2 Å². The molecule has 0 amide bonds. The summed E-state index contributed by atoms with van der Waals surface area (Å²) in [4.78, 5) is 22.3. The van der Waals surface area contributed by atoms with Gasteiger partial charge < -0.3 is 4.74 Å². The van der Waals surface area contributed by atoms with Crippen molar-refractivity contribution in [3.05, 3.63) is 58.1 Å². The van der Waals surface area contributed by atoms with Crippen molar-refractivity contribution < 1.29 is 22.9 Å². The molecule has 0 unspecified atom stereocenters. The smallest absolute Gasteiger partial charge is 0.312 e. The maximum atomic E-state index is 12.9. The fraction of sp³-hybridized carbons (Fsp3) is 0.350. The van der Waals surface area contributed by atoms with E-state index < -0.39 is 20.6 Å². The summed E-state index contributed by atoms with van der Waals surface area (Å²) >= 11 is 0. The Bertz CT molecular complexity index is 1030. The number of nitro groups is 1. The maximum absolute atomic E-state index is 12.9. The molecule has 0 atom stereocenters. The van der Waals surface area contributed by atoms with Gasteiger partial charge in [-0.25, -0.2) is 8.42 Å². The molecule has 0 radical (unpaired) electrons. The van der Waals surface area contributed by atoms with Crippen LogP contribution in [-0.2, 0) is 10.0 Å². The molecule has 29 heavy (non-hydrogen) atoms. The molecular formula is C20H22N2O6S. The molecule has 2 aromatic carbocycles. The van der Waals surface area contributed by atoms with E-state index in [2.05, 4.69) is 0 Å². The zero-order valence-electron chi connectivity index (χ0n) is 16.0. The highest BCUT2D eigenvalue weighted by atomic mass is 32.2. The first-order chi connectivity index (χ1) is 13.8. The summed E-state index contributed by atoms with van der Waals surface area (Å²) in [6, 6.07) is 9.90. The molecule has 9 heteroatoms. The Morgan fingerprint density at radius 1 is 1.07 bits per heavy atom. The molecule has 2 aromatic rings. The van der Waals surface area contributed by atoms with Crippen molar-refractivity contribution in [2.75, 3.05) is 13.1 Å². The molecule has 1 heterocycles. The lowest BCUT2D eigenvalue weighted by atomic mass is 10.1. The van der Waals surface area contributed by atoms with Crippen LogP contribution in [0.1, 0.15) is 43.0 Å². The number of nitro benzene ring substituents is 1. The van der Waals surface area contributed by atoms with Gasteiger partial charge in [0.05, 0.1) is 9.82 Å². The number of ketones is 1. The summed E-state index contributed by atoms with van der Waals surface area (Å²) < 4.78 is 32.8. The SMILES string of the molecule is CC(=O)c1cccc(Oc2ccc(S(=O)(=O)N3CCCCCC3)cc2[N+](=O)[O-])c1. The number of benzene rings is 2. The largest absolute Gasteiger partial charge is 0.450 e. The normalized spacial score (nSPS) is 15.5. The second-order valence-electron chi connectivity index (χ2n) is 6.89. The molecule has 0 bridgehead atoms. The number of Topliss-reactive ketones (excluding diaryl/α,β-unsaturated/α-hetero) is 1. The first kappa shape index (κ1) is 20.9. The van der Waals surface area contributed by atoms with Crippen molar-refractivity contribution in [3.8, 4) is 11.5 Å². The lowest BCUT2D eigenvalue weighted by Gasteiger charge is -2.20. The Kier molecular flexibility index (Phi) is 6.29. The molecule has 8 nitrogen and oxygen atoms in total. The minimum Gasteiger partial charge on any atom is -0.450 e. The summed E-state index contributed by atoms with van der Waals surface area (Å²) in [7, 11) is -3.82. The predicted octanol–water partition coefficient (Wildman–Crippen LogP) is 4.15. The highest BCUT2D eigenvalue weighted by molar-refractivity contribution is 7.89. The first-order valence-corrected chi connectivity index (χ1v) is 10.8. The van der Waals surface area contributed by atoms with E-state index >= 15 is 0 Å². The first-order valence-electron chi connectivity index (χ1n) is 9.36. The van der Waals surface area contributed by atoms with E-state index in [4.69, 9.17) is 4.74 Å². The molecule has 1 aliphatic rings. The van der Waals surface area contributed by atoms with Crippen LogP contribution >= 0.6 is 0 Å². The molecule has 3 rings (SSSR count). The third kappa shape index (κ3) is 4.80. The summed E-state index contributed by atoms with van der Waals surface area (Å²) in [6.07, 6.45) is 3.49. The van der Waals surface area contributed by atoms with Crippen LogP contribution in [0.4, 0.5) is 5.69 Å². The molecule has 0 aromatic heterocycles. The van der Waals surface area contributed by atoms with Gasteiger partial charge >= 0.3 is 5.69 Å². The van der Waals surface area contributed by atoms with Gasteiger partial charge in [-0.2, -0.15) is 4.31 Å². The van der Waals surface area contributed by atoms with Crippen LogP contribution in [0.3, 0.4) is 0 Å². The van der Waals surface area contributed by atoms with E-state index in [0.29, 0.717) is 18.7 Å². The van der Waals surface area contributed by atoms with Gasteiger partial charge in [-0.3, -0.25) is 14.9 Å². The Labute approximate surface area is 169 Å². The lowest BCUT2D eigenvalue weighted by molar-refractivity contribution is -0.385. The van der Waals surface area contributed by atoms with Gasteiger partial charge in [-0.1, -0.05) is 25.0 Å². The van der Waals surface area contributed by atoms with Crippen LogP contribution in [0.25, 0.3) is 0 Å². The van der Waals surface area contributed by atoms with Crippen LogP contribution in [0.5, 0.6) is 11.5 Å². The highest BCUT2D eigenvalue weighted by Gasteiger charge is 2.28. The monoisotopic (exact) mass is 418 g/mol. The number of ether oxygens (including phenoxy) is 1. The summed E-state index contributed by atoms with van der Waals surface area (Å²) in [5.41, 5.74) is -0.0420. The Hall–Kier alpha value is -2.78. The van der Waals surface area contributed by atoms with Gasteiger partial charge in [0.1, 0.15) is 5.75 Å². The summed E-state index contributed by atoms with van der Waals surface area (Å²) in [5.74, 6) is -0.00159. The second kappa shape index (κ2) is 8.71. The zero-order chi connectivity index (χ0) is 21.0. The van der Waals surface area contributed by atoms with Crippen LogP contribution in [0.15, 0.2) is 47.4 Å². The van der Waals surface area contributed by atoms with Crippen LogP contribution in [0.2, 0.25) is 0 Å². The molecular weight excluding hydrogens is 396 g/mol. The third-order valence-corrected chi connectivity index (χ3v) is 6.69. The number of hydrogen-bond donors (Lipinski definition) is 0. The fourth-order valence-electron chi connectivity index (χ4n) is 3.22. The van der Waals surface area contributed by atoms with E-state index in [1.807, 2.05) is 0 Å². The van der Waals surface area contributed by atoms with Crippen molar-refractivity contribution in [1.82, 2.24) is 4.31 Å². The third-order valence-electron chi connectivity index (χ3n) is 4.80. The van der Waals surface area contributed by atoms with Crippen molar-refractivity contribution in [3.63, 3.8) is 0 Å². The molecule has 0 aliphatic carbocycles. The number of hydrogen-bond acceptors (Lipinski definition) is 6. The van der Waals surface area contributed by atoms with Gasteiger partial charge in [0.2, 0.25) is 15.8 Å². The van der Waals surface area contributed by atoms with E-state index in [0.717, 1.165) is 31.7 Å². The molecule has 1 aliphatic heterocycles. The van der Waals surface area contributed by atoms with Crippen LogP contribution < -0.4 is 4.74 Å². The van der Waals surface area contributed by atoms with Crippen molar-refractivity contribution >= 4 is 21.5 Å². The van der Waals surface area contributed by atoms with Crippen LogP contribution in [-0.4, -0.2) is 36.5 Å². The Morgan fingerprint density at radius 3 is 2.38 bits per heavy atom. The zero-order valence-corrected chi connectivity index (χ0v) is 16.9. The van der Waals surface area contributed by atoms with Crippen LogP contribution in [0, 0.1) is 10.1 Å². The molecule has 0 saturated carbocycles. The number of nitrogens with zero attached hydrogens (tertiary/aromatic N) is 2. The van der Waals surface area contributed by atoms with Gasteiger partial charge in [0.15, 0.2) is 5.78 Å². The molecule has 0 spiro atoms. The van der Waals surface area contributed by atoms with Crippen molar-refractivity contribution in [1.29, 1.82) is 0 Å². The number of carbonyl (C=O) groups is 1. The maximum Gasteiger partial charge on any atom is 0.312 e. The average Bonchev–Trinajstić information content (AvgIpc) is 2.98. The van der Waals surface area contributed by atoms with Gasteiger partial charge in [-0.15, -0.1) is 0 Å². The van der Waals surface area contributed by atoms with Gasteiger partial charge in [0, 0.05) is 24.7 Å². The summed E-state index contributed by atoms with van der Waals surface area (Å²) in [6.45, 7) is 2.22. The second-order valence-corrected chi connectivity index (χ2v) is 8.83. The van der Waals surface area contributed by atoms with Crippen molar-refractivity contribution in [2.45, 2.75) is 37.5 Å². The molecule has 1 fully saturated rings. The predicted molar refractivity (Wildman–Crippen MR) is 107 cm³/mol. The fourth-order valence-corrected chi connectivity index (χ4v) is 4.76. The standard InChI is InChI=1S/C20H22N2O6S/c1-15(23)16-7-6-8-17(13-16)28-20-10-9-18(14-19(20)22(24)25)29(26,27)21-11-4-2-3-5-12-21/h6-10,13-14H,2-5,11-12H2,1H3. The van der Waals surface area contributed by atoms with E-state index in [1.165, 1.54) is 29.4 Å². The molecule has 1 saturated heterocycles. The molecule has 0 N–H and O–H groups in total. The number of rotatable bonds is 6. The Morgan fingerprint density at radius 2 is 1.76 bits per heavy atom. The lowest BCUT2D eigenvalue weighted by Crippen LogP contribution is -2.31. The Balaban J connectivity index is 1.94. The number of carbonyl (C=O) groups excluding carboxylic acids is 1. The van der Waals surface area contributed by atoms with Gasteiger partial charge in [-0.05, 0) is 44.0 Å². The van der Waals surface area contributed by atoms with Crippen molar-refractivity contribution in [2.24, 2.45) is 0 Å².